The SMILES string of the molecule is CC(C)(C)OC(=O)N1CCC(CNC2(CO)CCCCC2)CC1. The van der Waals surface area contributed by atoms with E-state index < -0.39 is 5.60 Å². The molecular weight excluding hydrogens is 292 g/mol. The second kappa shape index (κ2) is 7.84. The minimum Gasteiger partial charge on any atom is -0.444 e. The van der Waals surface area contributed by atoms with Crippen LogP contribution in [-0.4, -0.2) is 53.5 Å². The van der Waals surface area contributed by atoms with Crippen LogP contribution in [0.25, 0.3) is 0 Å². The van der Waals surface area contributed by atoms with Crippen molar-refractivity contribution in [3.8, 4) is 0 Å². The monoisotopic (exact) mass is 326 g/mol. The van der Waals surface area contributed by atoms with Crippen molar-refractivity contribution in [2.24, 2.45) is 5.92 Å². The molecule has 1 amide bonds. The number of hydrogen-bond acceptors (Lipinski definition) is 4. The Morgan fingerprint density at radius 3 is 2.35 bits per heavy atom. The Hall–Kier alpha value is -0.810. The maximum atomic E-state index is 12.1. The molecule has 0 atom stereocenters. The van der Waals surface area contributed by atoms with Crippen LogP contribution in [0.15, 0.2) is 0 Å². The van der Waals surface area contributed by atoms with Crippen molar-refractivity contribution in [1.29, 1.82) is 0 Å². The third-order valence-corrected chi connectivity index (χ3v) is 5.15. The van der Waals surface area contributed by atoms with Gasteiger partial charge in [0, 0.05) is 18.6 Å². The van der Waals surface area contributed by atoms with Gasteiger partial charge in [0.1, 0.15) is 5.60 Å². The molecule has 0 aromatic rings. The Morgan fingerprint density at radius 1 is 1.22 bits per heavy atom. The van der Waals surface area contributed by atoms with Gasteiger partial charge in [-0.3, -0.25) is 0 Å². The molecule has 2 fully saturated rings. The van der Waals surface area contributed by atoms with Crippen molar-refractivity contribution in [3.05, 3.63) is 0 Å². The first-order valence-electron chi connectivity index (χ1n) is 9.17. The summed E-state index contributed by atoms with van der Waals surface area (Å²) in [5, 5.41) is 13.4. The molecule has 0 radical (unpaired) electrons. The summed E-state index contributed by atoms with van der Waals surface area (Å²) in [5.74, 6) is 0.582. The normalized spacial score (nSPS) is 22.9. The van der Waals surface area contributed by atoms with Crippen LogP contribution in [0.1, 0.15) is 65.7 Å². The molecular formula is C18H34N2O3. The molecule has 0 bridgehead atoms. The van der Waals surface area contributed by atoms with Crippen LogP contribution in [-0.2, 0) is 4.74 Å². The Balaban J connectivity index is 1.73. The summed E-state index contributed by atoms with van der Waals surface area (Å²) in [4.78, 5) is 13.9. The van der Waals surface area contributed by atoms with Gasteiger partial charge in [0.25, 0.3) is 0 Å². The molecule has 2 rings (SSSR count). The molecule has 5 nitrogen and oxygen atoms in total. The summed E-state index contributed by atoms with van der Waals surface area (Å²) < 4.78 is 5.44. The summed E-state index contributed by atoms with van der Waals surface area (Å²) in [6.45, 7) is 8.44. The number of nitrogens with zero attached hydrogens (tertiary/aromatic N) is 1. The van der Waals surface area contributed by atoms with Gasteiger partial charge in [-0.05, 0) is 58.9 Å². The van der Waals surface area contributed by atoms with E-state index in [0.29, 0.717) is 5.92 Å². The molecule has 1 aliphatic heterocycles. The van der Waals surface area contributed by atoms with E-state index in [4.69, 9.17) is 4.74 Å². The molecule has 1 heterocycles. The third kappa shape index (κ3) is 5.64. The maximum Gasteiger partial charge on any atom is 0.410 e. The number of ether oxygens (including phenoxy) is 1. The molecule has 0 aromatic carbocycles. The van der Waals surface area contributed by atoms with Gasteiger partial charge in [-0.1, -0.05) is 19.3 Å². The van der Waals surface area contributed by atoms with Crippen molar-refractivity contribution in [3.63, 3.8) is 0 Å². The number of aliphatic hydroxyl groups is 1. The second-order valence-electron chi connectivity index (χ2n) is 8.29. The Morgan fingerprint density at radius 2 is 1.83 bits per heavy atom. The van der Waals surface area contributed by atoms with Crippen LogP contribution in [0.3, 0.4) is 0 Å². The van der Waals surface area contributed by atoms with Crippen molar-refractivity contribution >= 4 is 6.09 Å². The first kappa shape index (κ1) is 18.5. The van der Waals surface area contributed by atoms with Crippen molar-refractivity contribution in [2.45, 2.75) is 76.9 Å². The highest BCUT2D eigenvalue weighted by molar-refractivity contribution is 5.68. The lowest BCUT2D eigenvalue weighted by Gasteiger charge is -2.39. The number of rotatable bonds is 4. The van der Waals surface area contributed by atoms with E-state index in [0.717, 1.165) is 45.3 Å². The summed E-state index contributed by atoms with van der Waals surface area (Å²) in [6, 6.07) is 0. The van der Waals surface area contributed by atoms with Crippen LogP contribution in [0.2, 0.25) is 0 Å². The first-order chi connectivity index (χ1) is 10.8. The van der Waals surface area contributed by atoms with E-state index in [2.05, 4.69) is 5.32 Å². The van der Waals surface area contributed by atoms with Crippen LogP contribution in [0, 0.1) is 5.92 Å². The zero-order valence-corrected chi connectivity index (χ0v) is 15.1. The molecule has 23 heavy (non-hydrogen) atoms. The molecule has 0 aromatic heterocycles. The number of amides is 1. The summed E-state index contributed by atoms with van der Waals surface area (Å²) in [7, 11) is 0. The van der Waals surface area contributed by atoms with E-state index in [-0.39, 0.29) is 18.2 Å². The molecule has 1 aliphatic carbocycles. The fraction of sp³-hybridized carbons (Fsp3) is 0.944. The van der Waals surface area contributed by atoms with Crippen LogP contribution in [0.4, 0.5) is 4.79 Å². The number of nitrogens with one attached hydrogen (secondary N) is 1. The molecule has 0 spiro atoms. The second-order valence-corrected chi connectivity index (χ2v) is 8.29. The number of piperidine rings is 1. The van der Waals surface area contributed by atoms with Gasteiger partial charge in [0.2, 0.25) is 0 Å². The first-order valence-corrected chi connectivity index (χ1v) is 9.17. The molecule has 1 saturated carbocycles. The standard InChI is InChI=1S/C18H34N2O3/c1-17(2,3)23-16(22)20-11-7-15(8-12-20)13-19-18(14-21)9-5-4-6-10-18/h15,19,21H,4-14H2,1-3H3. The molecule has 2 N–H and O–H groups in total. The van der Waals surface area contributed by atoms with E-state index in [1.54, 1.807) is 0 Å². The van der Waals surface area contributed by atoms with Gasteiger partial charge >= 0.3 is 6.09 Å². The fourth-order valence-electron chi connectivity index (χ4n) is 3.63. The number of carbonyl (C=O) groups excluding carboxylic acids is 1. The predicted octanol–water partition coefficient (Wildman–Crippen LogP) is 2.92. The average Bonchev–Trinajstić information content (AvgIpc) is 2.53. The highest BCUT2D eigenvalue weighted by Gasteiger charge is 2.32. The van der Waals surface area contributed by atoms with Crippen LogP contribution < -0.4 is 5.32 Å². The predicted molar refractivity (Wildman–Crippen MR) is 91.4 cm³/mol. The Labute approximate surface area is 140 Å². The molecule has 0 unspecified atom stereocenters. The number of carbonyl (C=O) groups is 1. The third-order valence-electron chi connectivity index (χ3n) is 5.15. The van der Waals surface area contributed by atoms with Gasteiger partial charge in [-0.15, -0.1) is 0 Å². The van der Waals surface area contributed by atoms with Gasteiger partial charge < -0.3 is 20.1 Å². The summed E-state index contributed by atoms with van der Waals surface area (Å²) in [5.41, 5.74) is -0.482. The van der Waals surface area contributed by atoms with Crippen LogP contribution in [0.5, 0.6) is 0 Å². The number of likely N-dealkylation sites (tertiary alicyclic amines) is 1. The van der Waals surface area contributed by atoms with Gasteiger partial charge in [0.15, 0.2) is 0 Å². The van der Waals surface area contributed by atoms with Gasteiger partial charge in [0.05, 0.1) is 6.61 Å². The van der Waals surface area contributed by atoms with Gasteiger partial charge in [-0.2, -0.15) is 0 Å². The highest BCUT2D eigenvalue weighted by atomic mass is 16.6. The van der Waals surface area contributed by atoms with Gasteiger partial charge in [-0.25, -0.2) is 4.79 Å². The van der Waals surface area contributed by atoms with Crippen molar-refractivity contribution in [1.82, 2.24) is 10.2 Å². The van der Waals surface area contributed by atoms with E-state index in [1.165, 1.54) is 19.3 Å². The molecule has 1 saturated heterocycles. The zero-order valence-electron chi connectivity index (χ0n) is 15.1. The lowest BCUT2D eigenvalue weighted by molar-refractivity contribution is 0.0177. The van der Waals surface area contributed by atoms with Crippen molar-refractivity contribution < 1.29 is 14.6 Å². The van der Waals surface area contributed by atoms with Crippen molar-refractivity contribution in [2.75, 3.05) is 26.2 Å². The largest absolute Gasteiger partial charge is 0.444 e. The lowest BCUT2D eigenvalue weighted by atomic mass is 9.81. The fourth-order valence-corrected chi connectivity index (χ4v) is 3.63. The minimum atomic E-state index is -0.427. The Kier molecular flexibility index (Phi) is 6.32. The minimum absolute atomic E-state index is 0.0550. The zero-order chi connectivity index (χ0) is 16.9. The number of aliphatic hydroxyl groups excluding tert-OH is 1. The molecule has 2 aliphatic rings. The summed E-state index contributed by atoms with van der Waals surface area (Å²) >= 11 is 0. The highest BCUT2D eigenvalue weighted by Crippen LogP contribution is 2.28. The topological polar surface area (TPSA) is 61.8 Å². The summed E-state index contributed by atoms with van der Waals surface area (Å²) in [6.07, 6.45) is 7.71. The lowest BCUT2D eigenvalue weighted by Crippen LogP contribution is -2.52. The average molecular weight is 326 g/mol. The smallest absolute Gasteiger partial charge is 0.410 e. The Bertz CT molecular complexity index is 378. The quantitative estimate of drug-likeness (QED) is 0.834. The van der Waals surface area contributed by atoms with E-state index >= 15 is 0 Å². The number of hydrogen-bond donors (Lipinski definition) is 2. The van der Waals surface area contributed by atoms with Crippen LogP contribution >= 0.6 is 0 Å². The molecule has 5 heteroatoms. The van der Waals surface area contributed by atoms with E-state index in [9.17, 15) is 9.90 Å². The molecule has 134 valence electrons. The van der Waals surface area contributed by atoms with E-state index in [1.807, 2.05) is 25.7 Å². The maximum absolute atomic E-state index is 12.1.